The van der Waals surface area contributed by atoms with Crippen LogP contribution in [0.2, 0.25) is 0 Å². The lowest BCUT2D eigenvalue weighted by atomic mass is 10.0. The van der Waals surface area contributed by atoms with Crippen molar-refractivity contribution < 1.29 is 14.3 Å². The van der Waals surface area contributed by atoms with Crippen LogP contribution in [0.1, 0.15) is 12.7 Å². The lowest BCUT2D eigenvalue weighted by Crippen LogP contribution is -2.15. The molecule has 150 valence electrons. The standard InChI is InChI=1S/C21H22N4O3S/c1-3-28-20(27)13-18-23-24-21(25(18)2)29-14-19(26)22-17-12-8-7-11-16(17)15-9-5-4-6-10-15/h4-12H,3,13-14H2,1-2H3,(H,22,26). The molecular formula is C21H22N4O3S. The average molecular weight is 410 g/mol. The van der Waals surface area contributed by atoms with Gasteiger partial charge in [-0.15, -0.1) is 10.2 Å². The molecule has 0 unspecified atom stereocenters. The van der Waals surface area contributed by atoms with E-state index < -0.39 is 0 Å². The minimum absolute atomic E-state index is 0.0501. The molecule has 0 saturated heterocycles. The second kappa shape index (κ2) is 9.88. The third kappa shape index (κ3) is 5.45. The number of aromatic nitrogens is 3. The summed E-state index contributed by atoms with van der Waals surface area (Å²) < 4.78 is 6.63. The van der Waals surface area contributed by atoms with E-state index in [1.165, 1.54) is 11.8 Å². The van der Waals surface area contributed by atoms with Crippen molar-refractivity contribution in [2.75, 3.05) is 17.7 Å². The van der Waals surface area contributed by atoms with Crippen LogP contribution in [-0.4, -0.2) is 39.0 Å². The van der Waals surface area contributed by atoms with E-state index in [1.54, 1.807) is 18.5 Å². The number of thioether (sulfide) groups is 1. The summed E-state index contributed by atoms with van der Waals surface area (Å²) in [5.74, 6) is 0.179. The van der Waals surface area contributed by atoms with Crippen molar-refractivity contribution in [3.63, 3.8) is 0 Å². The molecule has 0 saturated carbocycles. The van der Waals surface area contributed by atoms with Gasteiger partial charge in [-0.3, -0.25) is 9.59 Å². The Hall–Kier alpha value is -3.13. The summed E-state index contributed by atoms with van der Waals surface area (Å²) in [6, 6.07) is 17.6. The van der Waals surface area contributed by atoms with Gasteiger partial charge in [0, 0.05) is 18.3 Å². The van der Waals surface area contributed by atoms with Crippen LogP contribution in [0.4, 0.5) is 5.69 Å². The van der Waals surface area contributed by atoms with Gasteiger partial charge in [-0.1, -0.05) is 60.3 Å². The fraction of sp³-hybridized carbons (Fsp3) is 0.238. The number of nitrogens with one attached hydrogen (secondary N) is 1. The number of carbonyl (C=O) groups excluding carboxylic acids is 2. The molecule has 0 fully saturated rings. The lowest BCUT2D eigenvalue weighted by Gasteiger charge is -2.11. The van der Waals surface area contributed by atoms with E-state index in [4.69, 9.17) is 4.74 Å². The first-order valence-corrected chi connectivity index (χ1v) is 10.2. The molecule has 1 amide bonds. The van der Waals surface area contributed by atoms with Crippen LogP contribution in [0.5, 0.6) is 0 Å². The molecule has 0 aliphatic carbocycles. The van der Waals surface area contributed by atoms with Gasteiger partial charge in [-0.25, -0.2) is 0 Å². The zero-order valence-corrected chi connectivity index (χ0v) is 17.1. The lowest BCUT2D eigenvalue weighted by molar-refractivity contribution is -0.142. The monoisotopic (exact) mass is 410 g/mol. The van der Waals surface area contributed by atoms with E-state index in [9.17, 15) is 9.59 Å². The van der Waals surface area contributed by atoms with Crippen molar-refractivity contribution in [3.8, 4) is 11.1 Å². The van der Waals surface area contributed by atoms with Gasteiger partial charge in [-0.05, 0) is 18.6 Å². The molecule has 0 atom stereocenters. The van der Waals surface area contributed by atoms with E-state index in [1.807, 2.05) is 54.6 Å². The molecule has 0 bridgehead atoms. The number of rotatable bonds is 8. The Morgan fingerprint density at radius 3 is 2.55 bits per heavy atom. The molecular weight excluding hydrogens is 388 g/mol. The van der Waals surface area contributed by atoms with Crippen molar-refractivity contribution in [3.05, 3.63) is 60.4 Å². The van der Waals surface area contributed by atoms with Crippen molar-refractivity contribution in [2.24, 2.45) is 7.05 Å². The highest BCUT2D eigenvalue weighted by molar-refractivity contribution is 7.99. The van der Waals surface area contributed by atoms with Crippen LogP contribution in [0.25, 0.3) is 11.1 Å². The predicted octanol–water partition coefficient (Wildman–Crippen LogP) is 3.32. The van der Waals surface area contributed by atoms with Gasteiger partial charge in [0.2, 0.25) is 5.91 Å². The average Bonchev–Trinajstić information content (AvgIpc) is 3.07. The van der Waals surface area contributed by atoms with Gasteiger partial charge in [-0.2, -0.15) is 0 Å². The predicted molar refractivity (Wildman–Crippen MR) is 113 cm³/mol. The van der Waals surface area contributed by atoms with Crippen LogP contribution in [0, 0.1) is 0 Å². The Kier molecular flexibility index (Phi) is 7.02. The highest BCUT2D eigenvalue weighted by atomic mass is 32.2. The number of carbonyl (C=O) groups is 2. The maximum atomic E-state index is 12.5. The molecule has 3 rings (SSSR count). The van der Waals surface area contributed by atoms with E-state index in [0.29, 0.717) is 17.6 Å². The van der Waals surface area contributed by atoms with Crippen molar-refractivity contribution >= 4 is 29.3 Å². The van der Waals surface area contributed by atoms with E-state index in [0.717, 1.165) is 16.8 Å². The summed E-state index contributed by atoms with van der Waals surface area (Å²) in [5, 5.41) is 11.6. The smallest absolute Gasteiger partial charge is 0.313 e. The molecule has 1 heterocycles. The summed E-state index contributed by atoms with van der Waals surface area (Å²) >= 11 is 1.26. The number of nitrogens with zero attached hydrogens (tertiary/aromatic N) is 3. The summed E-state index contributed by atoms with van der Waals surface area (Å²) in [5.41, 5.74) is 2.75. The van der Waals surface area contributed by atoms with E-state index in [-0.39, 0.29) is 24.1 Å². The van der Waals surface area contributed by atoms with E-state index in [2.05, 4.69) is 15.5 Å². The zero-order valence-electron chi connectivity index (χ0n) is 16.3. The Morgan fingerprint density at radius 1 is 1.07 bits per heavy atom. The first-order valence-electron chi connectivity index (χ1n) is 9.19. The van der Waals surface area contributed by atoms with Crippen molar-refractivity contribution in [1.82, 2.24) is 14.8 Å². The van der Waals surface area contributed by atoms with E-state index >= 15 is 0 Å². The molecule has 7 nitrogen and oxygen atoms in total. The summed E-state index contributed by atoms with van der Waals surface area (Å²) in [7, 11) is 1.76. The molecule has 0 spiro atoms. The number of anilines is 1. The Bertz CT molecular complexity index is 989. The van der Waals surface area contributed by atoms with Gasteiger partial charge in [0.15, 0.2) is 5.16 Å². The molecule has 1 aromatic heterocycles. The van der Waals surface area contributed by atoms with Crippen LogP contribution in [0.3, 0.4) is 0 Å². The van der Waals surface area contributed by atoms with Gasteiger partial charge in [0.25, 0.3) is 0 Å². The van der Waals surface area contributed by atoms with Gasteiger partial charge < -0.3 is 14.6 Å². The molecule has 29 heavy (non-hydrogen) atoms. The largest absolute Gasteiger partial charge is 0.466 e. The third-order valence-electron chi connectivity index (χ3n) is 4.15. The number of ether oxygens (including phenoxy) is 1. The normalized spacial score (nSPS) is 10.6. The third-order valence-corrected chi connectivity index (χ3v) is 5.17. The van der Waals surface area contributed by atoms with Crippen LogP contribution < -0.4 is 5.32 Å². The highest BCUT2D eigenvalue weighted by Crippen LogP contribution is 2.28. The fourth-order valence-electron chi connectivity index (χ4n) is 2.74. The Morgan fingerprint density at radius 2 is 1.79 bits per heavy atom. The second-order valence-electron chi connectivity index (χ2n) is 6.19. The van der Waals surface area contributed by atoms with Crippen molar-refractivity contribution in [1.29, 1.82) is 0 Å². The molecule has 0 aliphatic rings. The molecule has 2 aromatic carbocycles. The summed E-state index contributed by atoms with van der Waals surface area (Å²) in [4.78, 5) is 24.1. The first kappa shape index (κ1) is 20.6. The molecule has 3 aromatic rings. The second-order valence-corrected chi connectivity index (χ2v) is 7.13. The highest BCUT2D eigenvalue weighted by Gasteiger charge is 2.15. The van der Waals surface area contributed by atoms with Gasteiger partial charge >= 0.3 is 5.97 Å². The summed E-state index contributed by atoms with van der Waals surface area (Å²) in [6.45, 7) is 2.08. The first-order chi connectivity index (χ1) is 14.1. The quantitative estimate of drug-likeness (QED) is 0.453. The minimum Gasteiger partial charge on any atom is -0.466 e. The molecule has 1 N–H and O–H groups in total. The number of hydrogen-bond acceptors (Lipinski definition) is 6. The Balaban J connectivity index is 1.62. The number of esters is 1. The van der Waals surface area contributed by atoms with Crippen LogP contribution in [0.15, 0.2) is 59.8 Å². The van der Waals surface area contributed by atoms with Crippen LogP contribution >= 0.6 is 11.8 Å². The molecule has 0 radical (unpaired) electrons. The zero-order chi connectivity index (χ0) is 20.6. The maximum Gasteiger partial charge on any atom is 0.313 e. The van der Waals surface area contributed by atoms with Gasteiger partial charge in [0.1, 0.15) is 12.2 Å². The number of amides is 1. The molecule has 0 aliphatic heterocycles. The number of benzene rings is 2. The van der Waals surface area contributed by atoms with Crippen LogP contribution in [-0.2, 0) is 27.8 Å². The number of hydrogen-bond donors (Lipinski definition) is 1. The molecule has 8 heteroatoms. The van der Waals surface area contributed by atoms with Gasteiger partial charge in [0.05, 0.1) is 12.4 Å². The minimum atomic E-state index is -0.352. The number of para-hydroxylation sites is 1. The Labute approximate surface area is 173 Å². The fourth-order valence-corrected chi connectivity index (χ4v) is 3.47. The van der Waals surface area contributed by atoms with Crippen molar-refractivity contribution in [2.45, 2.75) is 18.5 Å². The summed E-state index contributed by atoms with van der Waals surface area (Å²) in [6.07, 6.45) is 0.0501. The SMILES string of the molecule is CCOC(=O)Cc1nnc(SCC(=O)Nc2ccccc2-c2ccccc2)n1C. The topological polar surface area (TPSA) is 86.1 Å². The maximum absolute atomic E-state index is 12.5.